The quantitative estimate of drug-likeness (QED) is 0.707. The second-order valence-electron chi connectivity index (χ2n) is 7.19. The maximum absolute atomic E-state index is 12.8. The molecule has 1 aliphatic carbocycles. The molecule has 3 N–H and O–H groups in total. The molecule has 0 bridgehead atoms. The van der Waals surface area contributed by atoms with E-state index >= 15 is 0 Å². The Morgan fingerprint density at radius 3 is 2.81 bits per heavy atom. The van der Waals surface area contributed by atoms with Crippen molar-refractivity contribution >= 4 is 33.2 Å². The molecule has 1 atom stereocenters. The fourth-order valence-corrected chi connectivity index (χ4v) is 5.32. The molecule has 5 nitrogen and oxygen atoms in total. The zero-order valence-corrected chi connectivity index (χ0v) is 17.8. The molecular weight excluding hydrogens is 412 g/mol. The number of rotatable bonds is 6. The van der Waals surface area contributed by atoms with Crippen LogP contribution in [-0.4, -0.2) is 28.3 Å². The summed E-state index contributed by atoms with van der Waals surface area (Å²) in [5, 5.41) is 7.43. The third kappa shape index (κ3) is 4.38. The molecule has 142 valence electrons. The highest BCUT2D eigenvalue weighted by atomic mass is 79.9. The van der Waals surface area contributed by atoms with E-state index in [4.69, 9.17) is 5.73 Å². The summed E-state index contributed by atoms with van der Waals surface area (Å²) in [7, 11) is 1.91. The standard InChI is InChI=1S/C19H27BrN4OS/c1-12-15(18-16(20)11-22-24(18)2)9-17(26-12)19(25)23-14(10-21)8-13-6-4-3-5-7-13/h9,11,13-14H,3-8,10,21H2,1-2H3,(H,23,25). The molecule has 1 amide bonds. The number of hydrogen-bond donors (Lipinski definition) is 2. The van der Waals surface area contributed by atoms with Gasteiger partial charge in [-0.25, -0.2) is 0 Å². The summed E-state index contributed by atoms with van der Waals surface area (Å²) in [6, 6.07) is 2.02. The van der Waals surface area contributed by atoms with Gasteiger partial charge in [-0.05, 0) is 41.3 Å². The molecule has 1 unspecified atom stereocenters. The fraction of sp³-hybridized carbons (Fsp3) is 0.579. The van der Waals surface area contributed by atoms with Crippen molar-refractivity contribution in [1.29, 1.82) is 0 Å². The van der Waals surface area contributed by atoms with Crippen LogP contribution in [0.2, 0.25) is 0 Å². The lowest BCUT2D eigenvalue weighted by molar-refractivity contribution is 0.0934. The summed E-state index contributed by atoms with van der Waals surface area (Å²) >= 11 is 5.07. The first-order valence-electron chi connectivity index (χ1n) is 9.28. The molecule has 2 aromatic rings. The van der Waals surface area contributed by atoms with Crippen molar-refractivity contribution in [3.05, 3.63) is 26.5 Å². The smallest absolute Gasteiger partial charge is 0.261 e. The van der Waals surface area contributed by atoms with Crippen LogP contribution in [0.1, 0.15) is 53.1 Å². The number of amides is 1. The third-order valence-electron chi connectivity index (χ3n) is 5.25. The lowest BCUT2D eigenvalue weighted by Gasteiger charge is -2.26. The summed E-state index contributed by atoms with van der Waals surface area (Å²) in [5.41, 5.74) is 7.98. The van der Waals surface area contributed by atoms with Crippen LogP contribution in [0.5, 0.6) is 0 Å². The molecule has 26 heavy (non-hydrogen) atoms. The minimum Gasteiger partial charge on any atom is -0.347 e. The largest absolute Gasteiger partial charge is 0.347 e. The van der Waals surface area contributed by atoms with Crippen LogP contribution >= 0.6 is 27.3 Å². The first-order chi connectivity index (χ1) is 12.5. The van der Waals surface area contributed by atoms with E-state index < -0.39 is 0 Å². The lowest BCUT2D eigenvalue weighted by Crippen LogP contribution is -2.41. The molecule has 1 saturated carbocycles. The summed E-state index contributed by atoms with van der Waals surface area (Å²) in [4.78, 5) is 14.6. The second-order valence-corrected chi connectivity index (χ2v) is 9.30. The molecule has 0 aromatic carbocycles. The van der Waals surface area contributed by atoms with Gasteiger partial charge in [0.25, 0.3) is 5.91 Å². The van der Waals surface area contributed by atoms with E-state index in [9.17, 15) is 4.79 Å². The van der Waals surface area contributed by atoms with Gasteiger partial charge in [0.2, 0.25) is 0 Å². The van der Waals surface area contributed by atoms with Crippen molar-refractivity contribution in [2.75, 3.05) is 6.54 Å². The minimum atomic E-state index is -0.0195. The monoisotopic (exact) mass is 438 g/mol. The number of nitrogens with zero attached hydrogens (tertiary/aromatic N) is 2. The highest BCUT2D eigenvalue weighted by Gasteiger charge is 2.22. The van der Waals surface area contributed by atoms with Crippen LogP contribution in [0.3, 0.4) is 0 Å². The van der Waals surface area contributed by atoms with E-state index in [1.54, 1.807) is 6.20 Å². The Morgan fingerprint density at radius 2 is 2.19 bits per heavy atom. The third-order valence-corrected chi connectivity index (χ3v) is 6.88. The van der Waals surface area contributed by atoms with Crippen molar-refractivity contribution in [1.82, 2.24) is 15.1 Å². The molecule has 3 rings (SSSR count). The Hall–Kier alpha value is -1.18. The van der Waals surface area contributed by atoms with Gasteiger partial charge >= 0.3 is 0 Å². The molecule has 2 aromatic heterocycles. The predicted octanol–water partition coefficient (Wildman–Crippen LogP) is 4.25. The van der Waals surface area contributed by atoms with E-state index in [-0.39, 0.29) is 11.9 Å². The molecule has 0 spiro atoms. The van der Waals surface area contributed by atoms with E-state index in [1.165, 1.54) is 43.4 Å². The van der Waals surface area contributed by atoms with Crippen molar-refractivity contribution in [3.63, 3.8) is 0 Å². The highest BCUT2D eigenvalue weighted by molar-refractivity contribution is 9.10. The first-order valence-corrected chi connectivity index (χ1v) is 10.9. The maximum Gasteiger partial charge on any atom is 0.261 e. The fourth-order valence-electron chi connectivity index (χ4n) is 3.84. The molecule has 0 aliphatic heterocycles. The van der Waals surface area contributed by atoms with Gasteiger partial charge in [-0.1, -0.05) is 32.1 Å². The van der Waals surface area contributed by atoms with Crippen LogP contribution in [0.15, 0.2) is 16.7 Å². The number of carbonyl (C=O) groups excluding carboxylic acids is 1. The maximum atomic E-state index is 12.8. The summed E-state index contributed by atoms with van der Waals surface area (Å²) in [6.07, 6.45) is 9.27. The molecular formula is C19H27BrN4OS. The van der Waals surface area contributed by atoms with Crippen LogP contribution in [0.25, 0.3) is 11.3 Å². The van der Waals surface area contributed by atoms with E-state index in [2.05, 4.69) is 26.3 Å². The molecule has 1 fully saturated rings. The molecule has 0 radical (unpaired) electrons. The zero-order chi connectivity index (χ0) is 18.7. The Morgan fingerprint density at radius 1 is 1.46 bits per heavy atom. The Bertz CT molecular complexity index is 744. The second kappa shape index (κ2) is 8.67. The Labute approximate surface area is 167 Å². The average Bonchev–Trinajstić information content (AvgIpc) is 3.17. The van der Waals surface area contributed by atoms with Crippen molar-refractivity contribution in [2.45, 2.75) is 51.5 Å². The van der Waals surface area contributed by atoms with Gasteiger partial charge in [0.1, 0.15) is 0 Å². The number of nitrogens with one attached hydrogen (secondary N) is 1. The number of thiophene rings is 1. The van der Waals surface area contributed by atoms with E-state index in [1.807, 2.05) is 24.7 Å². The Balaban J connectivity index is 1.70. The summed E-state index contributed by atoms with van der Waals surface area (Å²) < 4.78 is 2.76. The summed E-state index contributed by atoms with van der Waals surface area (Å²) in [6.45, 7) is 2.53. The van der Waals surface area contributed by atoms with Gasteiger partial charge in [0, 0.05) is 30.1 Å². The van der Waals surface area contributed by atoms with Gasteiger partial charge in [-0.2, -0.15) is 5.10 Å². The summed E-state index contributed by atoms with van der Waals surface area (Å²) in [5.74, 6) is 0.678. The average molecular weight is 439 g/mol. The molecule has 0 saturated heterocycles. The molecule has 2 heterocycles. The van der Waals surface area contributed by atoms with Crippen LogP contribution < -0.4 is 11.1 Å². The normalized spacial score (nSPS) is 16.6. The van der Waals surface area contributed by atoms with Crippen LogP contribution in [0, 0.1) is 12.8 Å². The molecule has 1 aliphatic rings. The number of aromatic nitrogens is 2. The van der Waals surface area contributed by atoms with E-state index in [0.717, 1.165) is 31.9 Å². The van der Waals surface area contributed by atoms with Crippen LogP contribution in [-0.2, 0) is 7.05 Å². The van der Waals surface area contributed by atoms with Gasteiger partial charge < -0.3 is 11.1 Å². The molecule has 7 heteroatoms. The SMILES string of the molecule is Cc1sc(C(=O)NC(CN)CC2CCCCC2)cc1-c1c(Br)cnn1C. The number of halogens is 1. The predicted molar refractivity (Wildman–Crippen MR) is 110 cm³/mol. The van der Waals surface area contributed by atoms with Gasteiger partial charge in [-0.3, -0.25) is 9.48 Å². The Kier molecular flexibility index (Phi) is 6.53. The van der Waals surface area contributed by atoms with Gasteiger partial charge in [0.05, 0.1) is 21.2 Å². The minimum absolute atomic E-state index is 0.0195. The van der Waals surface area contributed by atoms with Crippen LogP contribution in [0.4, 0.5) is 0 Å². The number of aryl methyl sites for hydroxylation is 2. The topological polar surface area (TPSA) is 72.9 Å². The van der Waals surface area contributed by atoms with E-state index in [0.29, 0.717) is 12.5 Å². The lowest BCUT2D eigenvalue weighted by atomic mass is 9.85. The highest BCUT2D eigenvalue weighted by Crippen LogP contribution is 2.35. The van der Waals surface area contributed by atoms with Crippen molar-refractivity contribution < 1.29 is 4.79 Å². The first kappa shape index (κ1) is 19.6. The number of hydrogen-bond acceptors (Lipinski definition) is 4. The number of nitrogens with two attached hydrogens (primary N) is 1. The number of carbonyl (C=O) groups is 1. The van der Waals surface area contributed by atoms with Gasteiger partial charge in [-0.15, -0.1) is 11.3 Å². The zero-order valence-electron chi connectivity index (χ0n) is 15.4. The van der Waals surface area contributed by atoms with Gasteiger partial charge in [0.15, 0.2) is 0 Å². The van der Waals surface area contributed by atoms with Crippen molar-refractivity contribution in [3.8, 4) is 11.3 Å². The van der Waals surface area contributed by atoms with Crippen molar-refractivity contribution in [2.24, 2.45) is 18.7 Å².